The summed E-state index contributed by atoms with van der Waals surface area (Å²) in [5.41, 5.74) is 10.9. The lowest BCUT2D eigenvalue weighted by atomic mass is 10.3. The van der Waals surface area contributed by atoms with Crippen LogP contribution in [0.2, 0.25) is 0 Å². The molecule has 7 heteroatoms. The van der Waals surface area contributed by atoms with Crippen LogP contribution in [0.25, 0.3) is 10.2 Å². The number of primary amides is 1. The van der Waals surface area contributed by atoms with Gasteiger partial charge < -0.3 is 16.4 Å². The number of carbonyl (C=O) groups is 1. The molecule has 0 spiro atoms. The summed E-state index contributed by atoms with van der Waals surface area (Å²) < 4.78 is 0. The summed E-state index contributed by atoms with van der Waals surface area (Å²) in [6.45, 7) is 2.68. The van der Waals surface area contributed by atoms with E-state index in [2.05, 4.69) is 9.97 Å². The summed E-state index contributed by atoms with van der Waals surface area (Å²) >= 11 is 1.49. The zero-order chi connectivity index (χ0) is 12.4. The molecule has 1 amide bonds. The molecule has 2 heterocycles. The Bertz CT molecular complexity index is 553. The largest absolute Gasteiger partial charge is 0.368 e. The van der Waals surface area contributed by atoms with Crippen LogP contribution in [-0.4, -0.2) is 29.0 Å². The molecule has 0 aliphatic carbocycles. The zero-order valence-electron chi connectivity index (χ0n) is 9.38. The van der Waals surface area contributed by atoms with Crippen molar-refractivity contribution in [2.24, 2.45) is 5.73 Å². The number of likely N-dealkylation sites (N-methyl/N-ethyl adjacent to an activating group) is 1. The number of rotatable bonds is 4. The fraction of sp³-hybridized carbons (Fsp3) is 0.300. The highest BCUT2D eigenvalue weighted by Crippen LogP contribution is 2.28. The highest BCUT2D eigenvalue weighted by atomic mass is 32.1. The molecular weight excluding hydrogens is 238 g/mol. The summed E-state index contributed by atoms with van der Waals surface area (Å²) in [5, 5.41) is 2.81. The first kappa shape index (κ1) is 11.6. The first-order chi connectivity index (χ1) is 8.11. The van der Waals surface area contributed by atoms with E-state index >= 15 is 0 Å². The van der Waals surface area contributed by atoms with Crippen molar-refractivity contribution in [3.63, 3.8) is 0 Å². The summed E-state index contributed by atoms with van der Waals surface area (Å²) in [4.78, 5) is 21.9. The second-order valence-electron chi connectivity index (χ2n) is 3.53. The van der Waals surface area contributed by atoms with E-state index in [1.807, 2.05) is 18.4 Å². The fourth-order valence-corrected chi connectivity index (χ4v) is 2.39. The molecule has 0 saturated carbocycles. The topological polar surface area (TPSA) is 98.1 Å². The van der Waals surface area contributed by atoms with Crippen LogP contribution in [-0.2, 0) is 4.79 Å². The third-order valence-electron chi connectivity index (χ3n) is 2.35. The number of anilines is 2. The molecule has 0 aliphatic rings. The Hall–Kier alpha value is -1.89. The second kappa shape index (κ2) is 4.54. The predicted molar refractivity (Wildman–Crippen MR) is 68.9 cm³/mol. The lowest BCUT2D eigenvalue weighted by Gasteiger charge is -2.20. The summed E-state index contributed by atoms with van der Waals surface area (Å²) in [7, 11) is 0. The van der Waals surface area contributed by atoms with E-state index in [0.29, 0.717) is 12.4 Å². The molecule has 0 radical (unpaired) electrons. The van der Waals surface area contributed by atoms with Gasteiger partial charge in [-0.25, -0.2) is 4.98 Å². The molecule has 6 nitrogen and oxygen atoms in total. The van der Waals surface area contributed by atoms with Crippen LogP contribution >= 0.6 is 11.3 Å². The highest BCUT2D eigenvalue weighted by Gasteiger charge is 2.14. The molecule has 0 atom stereocenters. The van der Waals surface area contributed by atoms with Crippen LogP contribution in [0.3, 0.4) is 0 Å². The molecule has 0 saturated heterocycles. The number of hydrogen-bond acceptors (Lipinski definition) is 6. The van der Waals surface area contributed by atoms with Gasteiger partial charge in [-0.2, -0.15) is 4.98 Å². The van der Waals surface area contributed by atoms with Gasteiger partial charge >= 0.3 is 0 Å². The molecule has 90 valence electrons. The van der Waals surface area contributed by atoms with Crippen LogP contribution < -0.4 is 16.4 Å². The van der Waals surface area contributed by atoms with Gasteiger partial charge in [0.25, 0.3) is 0 Å². The van der Waals surface area contributed by atoms with Crippen LogP contribution in [0.5, 0.6) is 0 Å². The third kappa shape index (κ3) is 2.28. The minimum atomic E-state index is -0.396. The molecule has 2 aromatic rings. The van der Waals surface area contributed by atoms with Crippen LogP contribution in [0, 0.1) is 0 Å². The summed E-state index contributed by atoms with van der Waals surface area (Å²) in [5.74, 6) is 0.473. The number of aromatic nitrogens is 2. The molecule has 17 heavy (non-hydrogen) atoms. The number of amides is 1. The maximum atomic E-state index is 11.0. The second-order valence-corrected chi connectivity index (χ2v) is 4.42. The molecule has 4 N–H and O–H groups in total. The number of nitrogens with two attached hydrogens (primary N) is 2. The van der Waals surface area contributed by atoms with E-state index < -0.39 is 5.91 Å². The van der Waals surface area contributed by atoms with E-state index in [1.54, 1.807) is 4.90 Å². The van der Waals surface area contributed by atoms with Crippen molar-refractivity contribution in [3.8, 4) is 0 Å². The van der Waals surface area contributed by atoms with Crippen LogP contribution in [0.1, 0.15) is 6.92 Å². The van der Waals surface area contributed by atoms with Gasteiger partial charge in [0.1, 0.15) is 10.6 Å². The van der Waals surface area contributed by atoms with Crippen molar-refractivity contribution in [1.82, 2.24) is 9.97 Å². The Morgan fingerprint density at radius 3 is 2.94 bits per heavy atom. The normalized spacial score (nSPS) is 10.6. The van der Waals surface area contributed by atoms with Crippen molar-refractivity contribution in [1.29, 1.82) is 0 Å². The van der Waals surface area contributed by atoms with Gasteiger partial charge in [0, 0.05) is 6.54 Å². The molecule has 0 fully saturated rings. The first-order valence-electron chi connectivity index (χ1n) is 5.15. The van der Waals surface area contributed by atoms with Crippen molar-refractivity contribution < 1.29 is 4.79 Å². The number of hydrogen-bond donors (Lipinski definition) is 2. The van der Waals surface area contributed by atoms with E-state index in [-0.39, 0.29) is 12.5 Å². The summed E-state index contributed by atoms with van der Waals surface area (Å²) in [6.07, 6.45) is 0. The van der Waals surface area contributed by atoms with Crippen molar-refractivity contribution in [3.05, 3.63) is 11.4 Å². The van der Waals surface area contributed by atoms with Crippen molar-refractivity contribution in [2.45, 2.75) is 6.92 Å². The van der Waals surface area contributed by atoms with E-state index in [0.717, 1.165) is 10.2 Å². The lowest BCUT2D eigenvalue weighted by Crippen LogP contribution is -2.34. The predicted octanol–water partition coefficient (Wildman–Crippen LogP) is 0.585. The Kier molecular flexibility index (Phi) is 3.10. The Labute approximate surface area is 102 Å². The van der Waals surface area contributed by atoms with Gasteiger partial charge in [-0.1, -0.05) is 0 Å². The smallest absolute Gasteiger partial charge is 0.236 e. The van der Waals surface area contributed by atoms with Gasteiger partial charge in [0.05, 0.1) is 11.9 Å². The van der Waals surface area contributed by atoms with Crippen molar-refractivity contribution in [2.75, 3.05) is 23.7 Å². The minimum absolute atomic E-state index is 0.123. The number of thiophene rings is 1. The van der Waals surface area contributed by atoms with E-state index in [9.17, 15) is 4.79 Å². The Balaban J connectivity index is 2.51. The number of fused-ring (bicyclic) bond motifs is 1. The van der Waals surface area contributed by atoms with Crippen LogP contribution in [0.4, 0.5) is 11.8 Å². The molecule has 0 aliphatic heterocycles. The molecule has 0 unspecified atom stereocenters. The average molecular weight is 251 g/mol. The molecule has 2 rings (SSSR count). The fourth-order valence-electron chi connectivity index (χ4n) is 1.62. The van der Waals surface area contributed by atoms with Gasteiger partial charge in [-0.05, 0) is 18.4 Å². The number of carbonyl (C=O) groups excluding carboxylic acids is 1. The van der Waals surface area contributed by atoms with E-state index in [4.69, 9.17) is 11.5 Å². The van der Waals surface area contributed by atoms with Gasteiger partial charge in [0.15, 0.2) is 0 Å². The monoisotopic (exact) mass is 251 g/mol. The first-order valence-corrected chi connectivity index (χ1v) is 6.03. The summed E-state index contributed by atoms with van der Waals surface area (Å²) in [6, 6.07) is 1.92. The lowest BCUT2D eigenvalue weighted by molar-refractivity contribution is -0.116. The third-order valence-corrected chi connectivity index (χ3v) is 3.16. The SMILES string of the molecule is CCN(CC(N)=O)c1nc(N)nc2sccc12. The standard InChI is InChI=1S/C10H13N5OS/c1-2-15(5-7(11)16)8-6-3-4-17-9(6)14-10(12)13-8/h3-4H,2,5H2,1H3,(H2,11,16)(H2,12,13,14). The van der Waals surface area contributed by atoms with E-state index in [1.165, 1.54) is 11.3 Å². The highest BCUT2D eigenvalue weighted by molar-refractivity contribution is 7.16. The zero-order valence-corrected chi connectivity index (χ0v) is 10.2. The molecule has 0 bridgehead atoms. The average Bonchev–Trinajstić information content (AvgIpc) is 2.72. The maximum Gasteiger partial charge on any atom is 0.236 e. The van der Waals surface area contributed by atoms with Crippen molar-refractivity contribution >= 4 is 39.2 Å². The molecular formula is C10H13N5OS. The molecule has 0 aromatic carbocycles. The van der Waals surface area contributed by atoms with Crippen LogP contribution in [0.15, 0.2) is 11.4 Å². The van der Waals surface area contributed by atoms with Gasteiger partial charge in [0.2, 0.25) is 11.9 Å². The molecule has 2 aromatic heterocycles. The van der Waals surface area contributed by atoms with Gasteiger partial charge in [-0.15, -0.1) is 11.3 Å². The maximum absolute atomic E-state index is 11.0. The Morgan fingerprint density at radius 1 is 1.53 bits per heavy atom. The number of nitrogen functional groups attached to an aromatic ring is 1. The number of nitrogens with zero attached hydrogens (tertiary/aromatic N) is 3. The van der Waals surface area contributed by atoms with Gasteiger partial charge in [-0.3, -0.25) is 4.79 Å². The minimum Gasteiger partial charge on any atom is -0.368 e. The Morgan fingerprint density at radius 2 is 2.29 bits per heavy atom. The quantitative estimate of drug-likeness (QED) is 0.828.